The van der Waals surface area contributed by atoms with Crippen LogP contribution in [-0.2, 0) is 12.8 Å². The number of hydrogen-bond donors (Lipinski definition) is 0. The largest absolute Gasteiger partial charge is 0.489 e. The Kier molecular flexibility index (Phi) is 5.29. The number of halogens is 2. The molecule has 0 N–H and O–H groups in total. The second kappa shape index (κ2) is 7.60. The van der Waals surface area contributed by atoms with E-state index in [4.69, 9.17) is 16.3 Å². The number of nitrogens with zero attached hydrogens (tertiary/aromatic N) is 1. The predicted octanol–water partition coefficient (Wildman–Crippen LogP) is 5.34. The average Bonchev–Trinajstić information content (AvgIpc) is 2.97. The van der Waals surface area contributed by atoms with Gasteiger partial charge in [-0.1, -0.05) is 35.9 Å². The van der Waals surface area contributed by atoms with Crippen molar-refractivity contribution in [2.45, 2.75) is 25.7 Å². The molecular weight excluding hydrogens is 313 g/mol. The Morgan fingerprint density at radius 1 is 1.13 bits per heavy atom. The van der Waals surface area contributed by atoms with Crippen molar-refractivity contribution < 1.29 is 9.13 Å². The highest BCUT2D eigenvalue weighted by atomic mass is 35.5. The molecular formula is C19H19ClFNO. The van der Waals surface area contributed by atoms with Crippen LogP contribution in [0.5, 0.6) is 5.75 Å². The van der Waals surface area contributed by atoms with Crippen molar-refractivity contribution in [3.05, 3.63) is 58.6 Å². The lowest BCUT2D eigenvalue weighted by Crippen LogP contribution is -2.00. The van der Waals surface area contributed by atoms with Crippen molar-refractivity contribution in [3.63, 3.8) is 0 Å². The molecule has 4 heteroatoms. The zero-order valence-electron chi connectivity index (χ0n) is 12.9. The Morgan fingerprint density at radius 2 is 2.00 bits per heavy atom. The molecule has 2 aromatic rings. The van der Waals surface area contributed by atoms with Gasteiger partial charge in [-0.05, 0) is 48.6 Å². The molecule has 0 atom stereocenters. The number of rotatable bonds is 7. The number of benzene rings is 2. The second-order valence-electron chi connectivity index (χ2n) is 5.64. The molecule has 0 amide bonds. The molecule has 2 nitrogen and oxygen atoms in total. The van der Waals surface area contributed by atoms with E-state index < -0.39 is 6.67 Å². The SMILES string of the molecule is FCCOc1ccc(CCCC2=Nc3ccccc3C2)cc1Cl. The van der Waals surface area contributed by atoms with Gasteiger partial charge in [-0.3, -0.25) is 4.99 Å². The summed E-state index contributed by atoms with van der Waals surface area (Å²) < 4.78 is 17.4. The fourth-order valence-corrected chi connectivity index (χ4v) is 3.06. The summed E-state index contributed by atoms with van der Waals surface area (Å²) in [5, 5.41) is 0.543. The maximum Gasteiger partial charge on any atom is 0.138 e. The predicted molar refractivity (Wildman–Crippen MR) is 93.1 cm³/mol. The molecule has 0 aromatic heterocycles. The summed E-state index contributed by atoms with van der Waals surface area (Å²) in [6.45, 7) is -0.470. The topological polar surface area (TPSA) is 21.6 Å². The molecule has 0 spiro atoms. The summed E-state index contributed by atoms with van der Waals surface area (Å²) >= 11 is 6.16. The first-order chi connectivity index (χ1) is 11.3. The van der Waals surface area contributed by atoms with Crippen LogP contribution in [-0.4, -0.2) is 19.0 Å². The normalized spacial score (nSPS) is 12.9. The Hall–Kier alpha value is -1.87. The number of fused-ring (bicyclic) bond motifs is 1. The fraction of sp³-hybridized carbons (Fsp3) is 0.316. The summed E-state index contributed by atoms with van der Waals surface area (Å²) in [7, 11) is 0. The molecule has 0 radical (unpaired) electrons. The van der Waals surface area contributed by atoms with Crippen molar-refractivity contribution in [1.82, 2.24) is 0 Å². The Labute approximate surface area is 141 Å². The lowest BCUT2D eigenvalue weighted by atomic mass is 10.0. The van der Waals surface area contributed by atoms with Gasteiger partial charge >= 0.3 is 0 Å². The van der Waals surface area contributed by atoms with Crippen LogP contribution in [0, 0.1) is 0 Å². The number of aryl methyl sites for hydroxylation is 1. The summed E-state index contributed by atoms with van der Waals surface area (Å²) in [5.74, 6) is 0.545. The lowest BCUT2D eigenvalue weighted by molar-refractivity contribution is 0.273. The smallest absolute Gasteiger partial charge is 0.138 e. The van der Waals surface area contributed by atoms with Crippen LogP contribution in [0.4, 0.5) is 10.1 Å². The molecule has 0 aliphatic carbocycles. The first-order valence-electron chi connectivity index (χ1n) is 7.88. The van der Waals surface area contributed by atoms with E-state index in [1.54, 1.807) is 0 Å². The van der Waals surface area contributed by atoms with Crippen LogP contribution in [0.3, 0.4) is 0 Å². The van der Waals surface area contributed by atoms with Crippen molar-refractivity contribution >= 4 is 23.0 Å². The monoisotopic (exact) mass is 331 g/mol. The quantitative estimate of drug-likeness (QED) is 0.671. The minimum Gasteiger partial charge on any atom is -0.489 e. The van der Waals surface area contributed by atoms with E-state index in [9.17, 15) is 4.39 Å². The third kappa shape index (κ3) is 4.11. The van der Waals surface area contributed by atoms with Gasteiger partial charge in [0.05, 0.1) is 10.7 Å². The van der Waals surface area contributed by atoms with Crippen LogP contribution in [0.25, 0.3) is 0 Å². The molecule has 120 valence electrons. The summed E-state index contributed by atoms with van der Waals surface area (Å²) in [6.07, 6.45) is 3.94. The van der Waals surface area contributed by atoms with E-state index in [1.165, 1.54) is 16.8 Å². The van der Waals surface area contributed by atoms with Crippen molar-refractivity contribution in [1.29, 1.82) is 0 Å². The second-order valence-corrected chi connectivity index (χ2v) is 6.05. The molecule has 3 rings (SSSR count). The molecule has 0 saturated carbocycles. The molecule has 0 bridgehead atoms. The highest BCUT2D eigenvalue weighted by molar-refractivity contribution is 6.32. The van der Waals surface area contributed by atoms with Gasteiger partial charge in [0, 0.05) is 12.1 Å². The molecule has 0 unspecified atom stereocenters. The summed E-state index contributed by atoms with van der Waals surface area (Å²) in [5.41, 5.74) is 4.85. The first-order valence-corrected chi connectivity index (χ1v) is 8.25. The zero-order chi connectivity index (χ0) is 16.1. The number of ether oxygens (including phenoxy) is 1. The van der Waals surface area contributed by atoms with Crippen LogP contribution >= 0.6 is 11.6 Å². The van der Waals surface area contributed by atoms with Crippen molar-refractivity contribution in [2.24, 2.45) is 4.99 Å². The average molecular weight is 332 g/mol. The number of hydrogen-bond acceptors (Lipinski definition) is 2. The lowest BCUT2D eigenvalue weighted by Gasteiger charge is -2.08. The van der Waals surface area contributed by atoms with Crippen molar-refractivity contribution in [2.75, 3.05) is 13.3 Å². The van der Waals surface area contributed by atoms with Gasteiger partial charge in [0.25, 0.3) is 0 Å². The van der Waals surface area contributed by atoms with Gasteiger partial charge in [-0.25, -0.2) is 4.39 Å². The highest BCUT2D eigenvalue weighted by Gasteiger charge is 2.13. The Balaban J connectivity index is 1.51. The van der Waals surface area contributed by atoms with E-state index >= 15 is 0 Å². The van der Waals surface area contributed by atoms with Crippen LogP contribution in [0.2, 0.25) is 5.02 Å². The molecule has 1 heterocycles. The molecule has 23 heavy (non-hydrogen) atoms. The summed E-state index contributed by atoms with van der Waals surface area (Å²) in [4.78, 5) is 4.68. The number of para-hydroxylation sites is 1. The molecule has 0 fully saturated rings. The molecule has 1 aliphatic heterocycles. The van der Waals surface area contributed by atoms with Gasteiger partial charge in [-0.15, -0.1) is 0 Å². The van der Waals surface area contributed by atoms with Crippen LogP contribution in [0.1, 0.15) is 24.0 Å². The third-order valence-corrected chi connectivity index (χ3v) is 4.22. The summed E-state index contributed by atoms with van der Waals surface area (Å²) in [6, 6.07) is 14.0. The molecule has 0 saturated heterocycles. The molecule has 1 aliphatic rings. The molecule has 2 aromatic carbocycles. The van der Waals surface area contributed by atoms with Gasteiger partial charge < -0.3 is 4.74 Å². The van der Waals surface area contributed by atoms with E-state index in [-0.39, 0.29) is 6.61 Å². The minimum absolute atomic E-state index is 0.0411. The van der Waals surface area contributed by atoms with E-state index in [0.29, 0.717) is 10.8 Å². The Morgan fingerprint density at radius 3 is 2.78 bits per heavy atom. The van der Waals surface area contributed by atoms with Gasteiger partial charge in [0.2, 0.25) is 0 Å². The van der Waals surface area contributed by atoms with E-state index in [1.807, 2.05) is 24.3 Å². The van der Waals surface area contributed by atoms with Gasteiger partial charge in [0.1, 0.15) is 19.0 Å². The Bertz CT molecular complexity index is 714. The zero-order valence-corrected chi connectivity index (χ0v) is 13.7. The third-order valence-electron chi connectivity index (χ3n) is 3.93. The highest BCUT2D eigenvalue weighted by Crippen LogP contribution is 2.28. The fourth-order valence-electron chi connectivity index (χ4n) is 2.81. The minimum atomic E-state index is -0.511. The standard InChI is InChI=1S/C19H19ClFNO/c20-17-12-14(8-9-19(17)23-11-10-21)4-3-6-16-13-15-5-1-2-7-18(15)22-16/h1-2,5,7-9,12H,3-4,6,10-11,13H2. The first kappa shape index (κ1) is 16.0. The number of aliphatic imine (C=N–C) groups is 1. The maximum absolute atomic E-state index is 12.1. The van der Waals surface area contributed by atoms with E-state index in [2.05, 4.69) is 23.2 Å². The van der Waals surface area contributed by atoms with Crippen LogP contribution < -0.4 is 4.74 Å². The number of alkyl halides is 1. The van der Waals surface area contributed by atoms with E-state index in [0.717, 1.165) is 31.4 Å². The van der Waals surface area contributed by atoms with Gasteiger partial charge in [-0.2, -0.15) is 0 Å². The maximum atomic E-state index is 12.1. The van der Waals surface area contributed by atoms with Gasteiger partial charge in [0.15, 0.2) is 0 Å². The van der Waals surface area contributed by atoms with Crippen LogP contribution in [0.15, 0.2) is 47.5 Å². The van der Waals surface area contributed by atoms with Crippen molar-refractivity contribution in [3.8, 4) is 5.75 Å².